The van der Waals surface area contributed by atoms with E-state index < -0.39 is 0 Å². The molecule has 0 aliphatic heterocycles. The summed E-state index contributed by atoms with van der Waals surface area (Å²) in [6.07, 6.45) is 11.7. The fourth-order valence-electron chi connectivity index (χ4n) is 4.66. The van der Waals surface area contributed by atoms with Gasteiger partial charge in [-0.15, -0.1) is 11.3 Å². The van der Waals surface area contributed by atoms with E-state index in [1.54, 1.807) is 24.5 Å². The maximum absolute atomic E-state index is 13.3. The van der Waals surface area contributed by atoms with Crippen molar-refractivity contribution < 1.29 is 9.21 Å². The first-order valence-electron chi connectivity index (χ1n) is 11.9. The van der Waals surface area contributed by atoms with E-state index in [-0.39, 0.29) is 17.5 Å². The van der Waals surface area contributed by atoms with Crippen LogP contribution in [0.2, 0.25) is 0 Å². The maximum atomic E-state index is 13.3. The molecule has 34 heavy (non-hydrogen) atoms. The number of thiophene rings is 1. The zero-order chi connectivity index (χ0) is 23.5. The van der Waals surface area contributed by atoms with Crippen molar-refractivity contribution in [2.75, 3.05) is 0 Å². The maximum Gasteiger partial charge on any atom is 0.254 e. The van der Waals surface area contributed by atoms with Crippen molar-refractivity contribution in [2.24, 2.45) is 4.99 Å². The summed E-state index contributed by atoms with van der Waals surface area (Å²) in [5.74, 6) is 0.603. The van der Waals surface area contributed by atoms with Gasteiger partial charge in [-0.05, 0) is 74.9 Å². The van der Waals surface area contributed by atoms with Crippen molar-refractivity contribution in [3.05, 3.63) is 56.0 Å². The highest BCUT2D eigenvalue weighted by atomic mass is 32.2. The van der Waals surface area contributed by atoms with Gasteiger partial charge in [0.15, 0.2) is 10.2 Å². The lowest BCUT2D eigenvalue weighted by Crippen LogP contribution is -2.36. The van der Waals surface area contributed by atoms with Crippen molar-refractivity contribution in [3.63, 3.8) is 0 Å². The average Bonchev–Trinajstić information content (AvgIpc) is 3.41. The van der Waals surface area contributed by atoms with Crippen molar-refractivity contribution in [1.82, 2.24) is 15.3 Å². The van der Waals surface area contributed by atoms with Crippen LogP contribution in [0.4, 0.5) is 5.00 Å². The molecule has 7 nitrogen and oxygen atoms in total. The smallest absolute Gasteiger partial charge is 0.254 e. The van der Waals surface area contributed by atoms with Gasteiger partial charge in [-0.25, -0.2) is 9.98 Å². The standard InChI is InChI=1S/C25H28N4O3S2/c1-15-13-20(30)29-25(27-15)34-21-12-11-17(32-21)14-26-24-22(18-9-5-6-10-19(18)33-24)23(31)28-16-7-3-2-4-8-16/h11-14,16H,2-10H2,1H3,(H,28,31)(H,27,29,30). The van der Waals surface area contributed by atoms with Gasteiger partial charge in [0.2, 0.25) is 0 Å². The fraction of sp³-hybridized carbons (Fsp3) is 0.440. The molecule has 0 radical (unpaired) electrons. The Kier molecular flexibility index (Phi) is 7.01. The predicted molar refractivity (Wildman–Crippen MR) is 135 cm³/mol. The van der Waals surface area contributed by atoms with Gasteiger partial charge in [0.1, 0.15) is 10.8 Å². The summed E-state index contributed by atoms with van der Waals surface area (Å²) in [5.41, 5.74) is 2.40. The van der Waals surface area contributed by atoms with Gasteiger partial charge in [0.25, 0.3) is 11.5 Å². The van der Waals surface area contributed by atoms with E-state index in [4.69, 9.17) is 9.41 Å². The van der Waals surface area contributed by atoms with Crippen molar-refractivity contribution in [2.45, 2.75) is 81.0 Å². The molecule has 0 unspecified atom stereocenters. The van der Waals surface area contributed by atoms with Crippen LogP contribution in [0.15, 0.2) is 42.7 Å². The number of aromatic amines is 1. The predicted octanol–water partition coefficient (Wildman–Crippen LogP) is 5.58. The minimum Gasteiger partial charge on any atom is -0.448 e. The van der Waals surface area contributed by atoms with Crippen LogP contribution in [-0.4, -0.2) is 28.1 Å². The Balaban J connectivity index is 1.35. The Morgan fingerprint density at radius 1 is 1.24 bits per heavy atom. The van der Waals surface area contributed by atoms with Gasteiger partial charge in [-0.3, -0.25) is 9.59 Å². The number of furan rings is 1. The topological polar surface area (TPSA) is 100 Å². The fourth-order valence-corrected chi connectivity index (χ4v) is 6.69. The van der Waals surface area contributed by atoms with Crippen LogP contribution in [0.25, 0.3) is 0 Å². The molecule has 2 N–H and O–H groups in total. The molecule has 0 saturated heterocycles. The van der Waals surface area contributed by atoms with Gasteiger partial charge in [-0.2, -0.15) is 0 Å². The summed E-state index contributed by atoms with van der Waals surface area (Å²) in [5, 5.41) is 5.13. The third kappa shape index (κ3) is 5.36. The summed E-state index contributed by atoms with van der Waals surface area (Å²) < 4.78 is 5.87. The van der Waals surface area contributed by atoms with Gasteiger partial charge >= 0.3 is 0 Å². The van der Waals surface area contributed by atoms with E-state index in [0.29, 0.717) is 21.7 Å². The Morgan fingerprint density at radius 3 is 2.88 bits per heavy atom. The number of carbonyl (C=O) groups excluding carboxylic acids is 1. The largest absolute Gasteiger partial charge is 0.448 e. The number of hydrogen-bond donors (Lipinski definition) is 2. The monoisotopic (exact) mass is 496 g/mol. The number of aromatic nitrogens is 2. The van der Waals surface area contributed by atoms with Crippen LogP contribution in [0.3, 0.4) is 0 Å². The minimum atomic E-state index is -0.191. The molecule has 1 saturated carbocycles. The third-order valence-electron chi connectivity index (χ3n) is 6.28. The first-order chi connectivity index (χ1) is 16.5. The van der Waals surface area contributed by atoms with Crippen LogP contribution in [-0.2, 0) is 12.8 Å². The number of nitrogens with zero attached hydrogens (tertiary/aromatic N) is 2. The first-order valence-corrected chi connectivity index (χ1v) is 13.5. The zero-order valence-corrected chi connectivity index (χ0v) is 20.8. The van der Waals surface area contributed by atoms with Crippen LogP contribution in [0.5, 0.6) is 0 Å². The number of carbonyl (C=O) groups is 1. The molecule has 3 aromatic heterocycles. The molecule has 0 spiro atoms. The van der Waals surface area contributed by atoms with E-state index in [1.807, 2.05) is 12.1 Å². The number of nitrogens with one attached hydrogen (secondary N) is 2. The highest BCUT2D eigenvalue weighted by molar-refractivity contribution is 7.99. The van der Waals surface area contributed by atoms with Crippen LogP contribution < -0.4 is 10.9 Å². The molecule has 0 bridgehead atoms. The number of fused-ring (bicyclic) bond motifs is 1. The third-order valence-corrected chi connectivity index (χ3v) is 8.28. The van der Waals surface area contributed by atoms with Crippen molar-refractivity contribution in [1.29, 1.82) is 0 Å². The molecule has 9 heteroatoms. The molecule has 178 valence electrons. The second-order valence-electron chi connectivity index (χ2n) is 8.91. The lowest BCUT2D eigenvalue weighted by Gasteiger charge is -2.23. The molecule has 1 amide bonds. The van der Waals surface area contributed by atoms with Crippen LogP contribution in [0, 0.1) is 6.92 Å². The van der Waals surface area contributed by atoms with E-state index in [0.717, 1.165) is 49.1 Å². The zero-order valence-electron chi connectivity index (χ0n) is 19.2. The highest BCUT2D eigenvalue weighted by Gasteiger charge is 2.27. The Hall–Kier alpha value is -2.65. The number of aryl methyl sites for hydroxylation is 2. The summed E-state index contributed by atoms with van der Waals surface area (Å²) in [7, 11) is 0. The van der Waals surface area contributed by atoms with Crippen LogP contribution >= 0.6 is 23.1 Å². The van der Waals surface area contributed by atoms with E-state index in [2.05, 4.69) is 15.3 Å². The highest BCUT2D eigenvalue weighted by Crippen LogP contribution is 2.40. The second kappa shape index (κ2) is 10.3. The summed E-state index contributed by atoms with van der Waals surface area (Å²) in [6.45, 7) is 1.78. The lowest BCUT2D eigenvalue weighted by atomic mass is 9.93. The lowest BCUT2D eigenvalue weighted by molar-refractivity contribution is 0.0927. The number of aliphatic imine (C=N–C) groups is 1. The molecule has 2 aliphatic carbocycles. The van der Waals surface area contributed by atoms with E-state index >= 15 is 0 Å². The van der Waals surface area contributed by atoms with Gasteiger partial charge in [0.05, 0.1) is 11.8 Å². The summed E-state index contributed by atoms with van der Waals surface area (Å²) in [6, 6.07) is 5.37. The molecule has 5 rings (SSSR count). The SMILES string of the molecule is Cc1cc(=O)[nH]c(Sc2ccc(C=Nc3sc4c(c3C(=O)NC3CCCCC3)CCCC4)o2)n1. The van der Waals surface area contributed by atoms with E-state index in [1.165, 1.54) is 47.5 Å². The quantitative estimate of drug-likeness (QED) is 0.343. The molecular weight excluding hydrogens is 468 g/mol. The van der Waals surface area contributed by atoms with Gasteiger partial charge in [-0.1, -0.05) is 19.3 Å². The summed E-state index contributed by atoms with van der Waals surface area (Å²) in [4.78, 5) is 38.0. The number of rotatable bonds is 6. The first kappa shape index (κ1) is 23.1. The van der Waals surface area contributed by atoms with Crippen molar-refractivity contribution >= 4 is 40.2 Å². The molecule has 0 atom stereocenters. The average molecular weight is 497 g/mol. The Labute approximate surface area is 206 Å². The molecule has 0 aromatic carbocycles. The normalized spacial score (nSPS) is 16.6. The Morgan fingerprint density at radius 2 is 2.06 bits per heavy atom. The number of amides is 1. The van der Waals surface area contributed by atoms with Crippen LogP contribution in [0.1, 0.15) is 77.2 Å². The minimum absolute atomic E-state index is 0.0172. The number of H-pyrrole nitrogens is 1. The van der Waals surface area contributed by atoms with E-state index in [9.17, 15) is 9.59 Å². The molecule has 2 aliphatic rings. The Bertz CT molecular complexity index is 1270. The molecular formula is C25H28N4O3S2. The van der Waals surface area contributed by atoms with Crippen molar-refractivity contribution in [3.8, 4) is 0 Å². The van der Waals surface area contributed by atoms with Gasteiger partial charge < -0.3 is 14.7 Å². The molecule has 3 heterocycles. The van der Waals surface area contributed by atoms with Gasteiger partial charge in [0, 0.05) is 22.7 Å². The molecule has 3 aromatic rings. The summed E-state index contributed by atoms with van der Waals surface area (Å²) >= 11 is 2.88. The molecule has 1 fully saturated rings. The second-order valence-corrected chi connectivity index (χ2v) is 11.0. The number of hydrogen-bond acceptors (Lipinski definition) is 7.